The van der Waals surface area contributed by atoms with Gasteiger partial charge < -0.3 is 4.57 Å². The van der Waals surface area contributed by atoms with Crippen LogP contribution in [0.2, 0.25) is 0 Å². The molecule has 1 N–H and O–H groups in total. The van der Waals surface area contributed by atoms with Crippen molar-refractivity contribution in [2.45, 2.75) is 13.8 Å². The van der Waals surface area contributed by atoms with Gasteiger partial charge in [0.2, 0.25) is 0 Å². The molecule has 7 heteroatoms. The standard InChI is InChI=1S/C25H21N5OS/c1-15-9-10-20-18(13-15)19(14-16(2)27-20)24(31)29-25-28-21(17-7-5-4-6-8-17)22(32-25)23-26-11-12-30(23)3/h4-14H,1-3H3,(H,28,29,31). The molecule has 2 aromatic carbocycles. The van der Waals surface area contributed by atoms with Crippen LogP contribution in [-0.4, -0.2) is 25.4 Å². The summed E-state index contributed by atoms with van der Waals surface area (Å²) in [6.45, 7) is 3.90. The number of carbonyl (C=O) groups is 1. The summed E-state index contributed by atoms with van der Waals surface area (Å²) in [5.41, 5.74) is 5.04. The predicted molar refractivity (Wildman–Crippen MR) is 129 cm³/mol. The molecule has 0 unspecified atom stereocenters. The second-order valence-electron chi connectivity index (χ2n) is 7.71. The zero-order valence-electron chi connectivity index (χ0n) is 18.0. The molecule has 0 aliphatic rings. The van der Waals surface area contributed by atoms with Gasteiger partial charge in [-0.15, -0.1) is 0 Å². The van der Waals surface area contributed by atoms with Crippen LogP contribution in [-0.2, 0) is 7.05 Å². The number of imidazole rings is 1. The summed E-state index contributed by atoms with van der Waals surface area (Å²) in [6.07, 6.45) is 3.66. The number of nitrogens with zero attached hydrogens (tertiary/aromatic N) is 4. The summed E-state index contributed by atoms with van der Waals surface area (Å²) in [4.78, 5) is 28.1. The van der Waals surface area contributed by atoms with E-state index in [1.807, 2.05) is 86.3 Å². The maximum atomic E-state index is 13.3. The van der Waals surface area contributed by atoms with Crippen LogP contribution in [0, 0.1) is 13.8 Å². The highest BCUT2D eigenvalue weighted by Gasteiger charge is 2.20. The molecule has 0 radical (unpaired) electrons. The molecule has 6 nitrogen and oxygen atoms in total. The van der Waals surface area contributed by atoms with E-state index in [0.29, 0.717) is 10.7 Å². The number of fused-ring (bicyclic) bond motifs is 1. The molecule has 3 heterocycles. The number of thiazole rings is 1. The van der Waals surface area contributed by atoms with Gasteiger partial charge in [-0.25, -0.2) is 9.97 Å². The molecule has 5 aromatic rings. The lowest BCUT2D eigenvalue weighted by Gasteiger charge is -2.08. The van der Waals surface area contributed by atoms with Gasteiger partial charge in [-0.05, 0) is 32.0 Å². The minimum absolute atomic E-state index is 0.203. The first kappa shape index (κ1) is 20.1. The van der Waals surface area contributed by atoms with Crippen molar-refractivity contribution in [2.75, 3.05) is 5.32 Å². The molecule has 0 bridgehead atoms. The second kappa shape index (κ2) is 8.01. The summed E-state index contributed by atoms with van der Waals surface area (Å²) < 4.78 is 1.95. The number of anilines is 1. The van der Waals surface area contributed by atoms with E-state index in [9.17, 15) is 4.79 Å². The van der Waals surface area contributed by atoms with Crippen LogP contribution in [0.15, 0.2) is 67.0 Å². The first-order valence-corrected chi connectivity index (χ1v) is 11.0. The van der Waals surface area contributed by atoms with Gasteiger partial charge in [0.15, 0.2) is 11.0 Å². The van der Waals surface area contributed by atoms with E-state index in [1.54, 1.807) is 6.20 Å². The zero-order valence-corrected chi connectivity index (χ0v) is 18.8. The summed E-state index contributed by atoms with van der Waals surface area (Å²) in [5, 5.41) is 4.37. The Morgan fingerprint density at radius 2 is 1.84 bits per heavy atom. The average Bonchev–Trinajstić information content (AvgIpc) is 3.39. The van der Waals surface area contributed by atoms with E-state index in [1.165, 1.54) is 11.3 Å². The number of hydrogen-bond acceptors (Lipinski definition) is 5. The molecule has 0 atom stereocenters. The lowest BCUT2D eigenvalue weighted by Crippen LogP contribution is -2.13. The van der Waals surface area contributed by atoms with Crippen molar-refractivity contribution in [3.63, 3.8) is 0 Å². The highest BCUT2D eigenvalue weighted by atomic mass is 32.1. The molecule has 3 aromatic heterocycles. The van der Waals surface area contributed by atoms with Crippen LogP contribution in [0.5, 0.6) is 0 Å². The molecular weight excluding hydrogens is 418 g/mol. The molecule has 1 amide bonds. The van der Waals surface area contributed by atoms with Crippen LogP contribution in [0.25, 0.3) is 32.9 Å². The van der Waals surface area contributed by atoms with Crippen LogP contribution in [0.1, 0.15) is 21.6 Å². The fraction of sp³-hybridized carbons (Fsp3) is 0.120. The van der Waals surface area contributed by atoms with E-state index in [-0.39, 0.29) is 5.91 Å². The van der Waals surface area contributed by atoms with Gasteiger partial charge in [-0.2, -0.15) is 0 Å². The van der Waals surface area contributed by atoms with Crippen LogP contribution < -0.4 is 5.32 Å². The fourth-order valence-corrected chi connectivity index (χ4v) is 4.75. The van der Waals surface area contributed by atoms with E-state index in [4.69, 9.17) is 4.98 Å². The van der Waals surface area contributed by atoms with Crippen molar-refractivity contribution in [3.05, 3.63) is 83.8 Å². The van der Waals surface area contributed by atoms with Crippen LogP contribution in [0.4, 0.5) is 5.13 Å². The molecular formula is C25H21N5OS. The third-order valence-electron chi connectivity index (χ3n) is 5.26. The molecule has 0 spiro atoms. The first-order chi connectivity index (χ1) is 15.5. The number of hydrogen-bond donors (Lipinski definition) is 1. The van der Waals surface area contributed by atoms with Crippen molar-refractivity contribution < 1.29 is 4.79 Å². The van der Waals surface area contributed by atoms with E-state index >= 15 is 0 Å². The van der Waals surface area contributed by atoms with Gasteiger partial charge in [0.25, 0.3) is 5.91 Å². The molecule has 0 aliphatic carbocycles. The van der Waals surface area contributed by atoms with E-state index < -0.39 is 0 Å². The molecule has 0 saturated carbocycles. The molecule has 5 rings (SSSR count). The lowest BCUT2D eigenvalue weighted by molar-refractivity contribution is 0.102. The number of nitrogens with one attached hydrogen (secondary N) is 1. The summed E-state index contributed by atoms with van der Waals surface area (Å²) in [7, 11) is 1.95. The Morgan fingerprint density at radius 3 is 2.59 bits per heavy atom. The monoisotopic (exact) mass is 439 g/mol. The summed E-state index contributed by atoms with van der Waals surface area (Å²) in [5.74, 6) is 0.605. The van der Waals surface area contributed by atoms with Crippen LogP contribution >= 0.6 is 11.3 Å². The minimum atomic E-state index is -0.203. The zero-order chi connectivity index (χ0) is 22.2. The van der Waals surface area contributed by atoms with Gasteiger partial charge in [-0.3, -0.25) is 15.1 Å². The van der Waals surface area contributed by atoms with Crippen molar-refractivity contribution >= 4 is 33.3 Å². The third kappa shape index (κ3) is 3.67. The minimum Gasteiger partial charge on any atom is -0.333 e. The van der Waals surface area contributed by atoms with Gasteiger partial charge in [-0.1, -0.05) is 53.3 Å². The topological polar surface area (TPSA) is 72.7 Å². The SMILES string of the molecule is Cc1ccc2nc(C)cc(C(=O)Nc3nc(-c4ccccc4)c(-c4nccn4C)s3)c2c1. The van der Waals surface area contributed by atoms with Gasteiger partial charge in [0.05, 0.1) is 21.7 Å². The first-order valence-electron chi connectivity index (χ1n) is 10.2. The molecule has 0 fully saturated rings. The molecule has 0 aliphatic heterocycles. The van der Waals surface area contributed by atoms with E-state index in [2.05, 4.69) is 15.3 Å². The Hall–Kier alpha value is -3.84. The Morgan fingerprint density at radius 1 is 1.03 bits per heavy atom. The number of amides is 1. The number of aryl methyl sites for hydroxylation is 3. The van der Waals surface area contributed by atoms with Crippen molar-refractivity contribution in [1.29, 1.82) is 0 Å². The second-order valence-corrected chi connectivity index (χ2v) is 8.71. The summed E-state index contributed by atoms with van der Waals surface area (Å²) in [6, 6.07) is 17.7. The molecule has 158 valence electrons. The van der Waals surface area contributed by atoms with Crippen molar-refractivity contribution in [3.8, 4) is 22.0 Å². The normalized spacial score (nSPS) is 11.1. The highest BCUT2D eigenvalue weighted by molar-refractivity contribution is 7.19. The van der Waals surface area contributed by atoms with Gasteiger partial charge in [0, 0.05) is 36.1 Å². The highest BCUT2D eigenvalue weighted by Crippen LogP contribution is 2.38. The number of rotatable bonds is 4. The number of aromatic nitrogens is 4. The molecule has 32 heavy (non-hydrogen) atoms. The molecule has 0 saturated heterocycles. The summed E-state index contributed by atoms with van der Waals surface area (Å²) >= 11 is 1.42. The largest absolute Gasteiger partial charge is 0.333 e. The Balaban J connectivity index is 1.58. The Bertz CT molecular complexity index is 1450. The average molecular weight is 440 g/mol. The fourth-order valence-electron chi connectivity index (χ4n) is 3.73. The smallest absolute Gasteiger partial charge is 0.258 e. The number of pyridine rings is 1. The lowest BCUT2D eigenvalue weighted by atomic mass is 10.0. The van der Waals surface area contributed by atoms with E-state index in [0.717, 1.165) is 44.1 Å². The predicted octanol–water partition coefficient (Wildman–Crippen LogP) is 5.63. The number of carbonyl (C=O) groups excluding carboxylic acids is 1. The Labute approximate surface area is 189 Å². The van der Waals surface area contributed by atoms with Gasteiger partial charge >= 0.3 is 0 Å². The Kier molecular flexibility index (Phi) is 5.03. The van der Waals surface area contributed by atoms with Gasteiger partial charge in [0.1, 0.15) is 0 Å². The maximum Gasteiger partial charge on any atom is 0.258 e. The van der Waals surface area contributed by atoms with Crippen LogP contribution in [0.3, 0.4) is 0 Å². The maximum absolute atomic E-state index is 13.3. The number of benzene rings is 2. The quantitative estimate of drug-likeness (QED) is 0.394. The van der Waals surface area contributed by atoms with Crippen molar-refractivity contribution in [2.24, 2.45) is 7.05 Å². The van der Waals surface area contributed by atoms with Crippen molar-refractivity contribution in [1.82, 2.24) is 19.5 Å². The third-order valence-corrected chi connectivity index (χ3v) is 6.22.